The third-order valence-electron chi connectivity index (χ3n) is 4.34. The molecule has 0 bridgehead atoms. The molecule has 3 rings (SSSR count). The molecular weight excluding hydrogens is 457 g/mol. The number of aliphatic imine (C=N–C) groups is 1. The molecule has 148 valence electrons. The Morgan fingerprint density at radius 3 is 2.59 bits per heavy atom. The molecule has 2 N–H and O–H groups in total. The second-order valence-corrected chi connectivity index (χ2v) is 6.87. The molecule has 6 nitrogen and oxygen atoms in total. The van der Waals surface area contributed by atoms with E-state index in [0.29, 0.717) is 19.8 Å². The van der Waals surface area contributed by atoms with E-state index in [1.807, 2.05) is 18.2 Å². The number of nitrogens with one attached hydrogen (secondary N) is 2. The smallest absolute Gasteiger partial charge is 0.191 e. The quantitative estimate of drug-likeness (QED) is 0.371. The van der Waals surface area contributed by atoms with Crippen LogP contribution < -0.4 is 20.1 Å². The fourth-order valence-electron chi connectivity index (χ4n) is 2.77. The van der Waals surface area contributed by atoms with Gasteiger partial charge in [0.2, 0.25) is 0 Å². The van der Waals surface area contributed by atoms with Crippen molar-refractivity contribution in [1.29, 1.82) is 0 Å². The highest BCUT2D eigenvalue weighted by Crippen LogP contribution is 2.34. The third-order valence-corrected chi connectivity index (χ3v) is 4.34. The standard InChI is InChI=1S/C20H27N3O3.HI/c1-4-21-19(22-13-16-6-5-9-24-16)23-14-20(2,3)15-7-8-17-18(12-15)26-11-10-25-17;/h5-9,12H,4,10-11,13-14H2,1-3H3,(H2,21,22,23);1H. The van der Waals surface area contributed by atoms with E-state index in [0.717, 1.165) is 36.3 Å². The summed E-state index contributed by atoms with van der Waals surface area (Å²) in [6.07, 6.45) is 1.66. The lowest BCUT2D eigenvalue weighted by molar-refractivity contribution is 0.171. The zero-order valence-corrected chi connectivity index (χ0v) is 18.4. The summed E-state index contributed by atoms with van der Waals surface area (Å²) < 4.78 is 16.7. The van der Waals surface area contributed by atoms with Gasteiger partial charge < -0.3 is 24.5 Å². The Labute approximate surface area is 177 Å². The number of fused-ring (bicyclic) bond motifs is 1. The van der Waals surface area contributed by atoms with Crippen molar-refractivity contribution in [2.24, 2.45) is 4.99 Å². The van der Waals surface area contributed by atoms with Crippen LogP contribution in [0, 0.1) is 0 Å². The number of halogens is 1. The van der Waals surface area contributed by atoms with Crippen molar-refractivity contribution in [3.05, 3.63) is 47.9 Å². The predicted octanol–water partition coefficient (Wildman–Crippen LogP) is 3.70. The molecule has 0 fully saturated rings. The summed E-state index contributed by atoms with van der Waals surface area (Å²) in [4.78, 5) is 4.58. The van der Waals surface area contributed by atoms with Crippen LogP contribution in [0.1, 0.15) is 32.1 Å². The van der Waals surface area contributed by atoms with Crippen LogP contribution in [-0.4, -0.2) is 32.3 Å². The van der Waals surface area contributed by atoms with Crippen molar-refractivity contribution in [2.45, 2.75) is 32.7 Å². The molecule has 0 unspecified atom stereocenters. The van der Waals surface area contributed by atoms with Crippen molar-refractivity contribution in [2.75, 3.05) is 26.3 Å². The van der Waals surface area contributed by atoms with Crippen LogP contribution in [-0.2, 0) is 12.0 Å². The van der Waals surface area contributed by atoms with Gasteiger partial charge in [0.25, 0.3) is 0 Å². The molecule has 0 amide bonds. The van der Waals surface area contributed by atoms with E-state index in [1.54, 1.807) is 6.26 Å². The van der Waals surface area contributed by atoms with Gasteiger partial charge in [-0.2, -0.15) is 0 Å². The topological polar surface area (TPSA) is 68.0 Å². The first kappa shape index (κ1) is 21.4. The maximum absolute atomic E-state index is 5.71. The molecule has 2 heterocycles. The number of rotatable bonds is 6. The first-order valence-electron chi connectivity index (χ1n) is 9.03. The van der Waals surface area contributed by atoms with Crippen LogP contribution in [0.2, 0.25) is 0 Å². The Morgan fingerprint density at radius 2 is 1.89 bits per heavy atom. The van der Waals surface area contributed by atoms with Crippen molar-refractivity contribution < 1.29 is 13.9 Å². The predicted molar refractivity (Wildman–Crippen MR) is 117 cm³/mol. The van der Waals surface area contributed by atoms with Crippen molar-refractivity contribution in [3.8, 4) is 11.5 Å². The van der Waals surface area contributed by atoms with E-state index in [-0.39, 0.29) is 29.4 Å². The number of furan rings is 1. The highest BCUT2D eigenvalue weighted by molar-refractivity contribution is 14.0. The molecule has 0 radical (unpaired) electrons. The van der Waals surface area contributed by atoms with Gasteiger partial charge in [-0.05, 0) is 36.8 Å². The van der Waals surface area contributed by atoms with E-state index >= 15 is 0 Å². The van der Waals surface area contributed by atoms with E-state index in [2.05, 4.69) is 48.5 Å². The zero-order valence-electron chi connectivity index (χ0n) is 16.1. The maximum atomic E-state index is 5.71. The summed E-state index contributed by atoms with van der Waals surface area (Å²) in [6.45, 7) is 9.69. The van der Waals surface area contributed by atoms with Gasteiger partial charge in [0.15, 0.2) is 17.5 Å². The molecule has 0 atom stereocenters. The van der Waals surface area contributed by atoms with Crippen LogP contribution in [0.15, 0.2) is 46.0 Å². The first-order chi connectivity index (χ1) is 12.6. The molecule has 0 saturated carbocycles. The normalized spacial score (nSPS) is 13.7. The highest BCUT2D eigenvalue weighted by atomic mass is 127. The molecule has 2 aromatic rings. The molecule has 1 aromatic carbocycles. The maximum Gasteiger partial charge on any atom is 0.191 e. The Bertz CT molecular complexity index is 745. The third kappa shape index (κ3) is 5.79. The summed E-state index contributed by atoms with van der Waals surface area (Å²) in [7, 11) is 0. The Hall–Kier alpha value is -1.90. The molecule has 0 spiro atoms. The minimum absolute atomic E-state index is 0. The Kier molecular flexibility index (Phi) is 7.82. The summed E-state index contributed by atoms with van der Waals surface area (Å²) in [5, 5.41) is 6.70. The van der Waals surface area contributed by atoms with Crippen LogP contribution >= 0.6 is 24.0 Å². The van der Waals surface area contributed by atoms with Gasteiger partial charge in [0.05, 0.1) is 6.26 Å². The minimum Gasteiger partial charge on any atom is -0.486 e. The number of nitrogens with zero attached hydrogens (tertiary/aromatic N) is 1. The average Bonchev–Trinajstić information content (AvgIpc) is 3.17. The number of benzene rings is 1. The second-order valence-electron chi connectivity index (χ2n) is 6.87. The molecule has 7 heteroatoms. The van der Waals surface area contributed by atoms with Crippen molar-refractivity contribution in [3.63, 3.8) is 0 Å². The lowest BCUT2D eigenvalue weighted by Crippen LogP contribution is -2.43. The van der Waals surface area contributed by atoms with Crippen molar-refractivity contribution >= 4 is 29.9 Å². The Balaban J connectivity index is 0.00000261. The van der Waals surface area contributed by atoms with Gasteiger partial charge in [0, 0.05) is 18.5 Å². The molecule has 0 saturated heterocycles. The van der Waals surface area contributed by atoms with E-state index in [4.69, 9.17) is 13.9 Å². The van der Waals surface area contributed by atoms with E-state index in [1.165, 1.54) is 5.56 Å². The van der Waals surface area contributed by atoms with Gasteiger partial charge in [-0.25, -0.2) is 4.99 Å². The van der Waals surface area contributed by atoms with Gasteiger partial charge in [-0.1, -0.05) is 19.9 Å². The van der Waals surface area contributed by atoms with Gasteiger partial charge in [-0.3, -0.25) is 0 Å². The number of guanidine groups is 1. The fraction of sp³-hybridized carbons (Fsp3) is 0.450. The van der Waals surface area contributed by atoms with Crippen molar-refractivity contribution in [1.82, 2.24) is 10.6 Å². The number of hydrogen-bond acceptors (Lipinski definition) is 4. The average molecular weight is 485 g/mol. The monoisotopic (exact) mass is 485 g/mol. The highest BCUT2D eigenvalue weighted by Gasteiger charge is 2.23. The first-order valence-corrected chi connectivity index (χ1v) is 9.03. The van der Waals surface area contributed by atoms with Gasteiger partial charge in [-0.15, -0.1) is 24.0 Å². The molecule has 0 aliphatic carbocycles. The van der Waals surface area contributed by atoms with Gasteiger partial charge in [0.1, 0.15) is 25.5 Å². The summed E-state index contributed by atoms with van der Waals surface area (Å²) in [5.41, 5.74) is 1.09. The molecule has 1 aromatic heterocycles. The zero-order chi connectivity index (χ0) is 18.4. The fourth-order valence-corrected chi connectivity index (χ4v) is 2.77. The summed E-state index contributed by atoms with van der Waals surface area (Å²) >= 11 is 0. The number of hydrogen-bond donors (Lipinski definition) is 2. The van der Waals surface area contributed by atoms with Crippen LogP contribution in [0.25, 0.3) is 0 Å². The van der Waals surface area contributed by atoms with Gasteiger partial charge >= 0.3 is 0 Å². The molecule has 27 heavy (non-hydrogen) atoms. The SMILES string of the molecule is CCNC(=NCc1ccco1)NCC(C)(C)c1ccc2c(c1)OCCO2.I. The molecule has 1 aliphatic heterocycles. The Morgan fingerprint density at radius 1 is 1.11 bits per heavy atom. The van der Waals surface area contributed by atoms with E-state index in [9.17, 15) is 0 Å². The van der Waals surface area contributed by atoms with Crippen LogP contribution in [0.3, 0.4) is 0 Å². The number of ether oxygens (including phenoxy) is 2. The van der Waals surface area contributed by atoms with E-state index < -0.39 is 0 Å². The summed E-state index contributed by atoms with van der Waals surface area (Å²) in [5.74, 6) is 3.25. The minimum atomic E-state index is -0.100. The second kappa shape index (κ2) is 9.87. The molecular formula is C20H28IN3O3. The lowest BCUT2D eigenvalue weighted by atomic mass is 9.84. The van der Waals surface area contributed by atoms with Crippen LogP contribution in [0.4, 0.5) is 0 Å². The van der Waals surface area contributed by atoms with Crippen LogP contribution in [0.5, 0.6) is 11.5 Å². The lowest BCUT2D eigenvalue weighted by Gasteiger charge is -2.28. The molecule has 1 aliphatic rings. The summed E-state index contributed by atoms with van der Waals surface area (Å²) in [6, 6.07) is 9.95. The largest absolute Gasteiger partial charge is 0.486 e.